The lowest BCUT2D eigenvalue weighted by atomic mass is 10.1. The molecule has 0 saturated heterocycles. The molecule has 3 N–H and O–H groups in total. The summed E-state index contributed by atoms with van der Waals surface area (Å²) in [6.07, 6.45) is 3.15. The average molecular weight is 581 g/mol. The molecule has 0 aliphatic rings. The number of carbonyl (C=O) groups excluding carboxylic acids is 1. The van der Waals surface area contributed by atoms with Crippen molar-refractivity contribution in [2.75, 3.05) is 28.4 Å². The van der Waals surface area contributed by atoms with E-state index in [2.05, 4.69) is 10.2 Å². The highest BCUT2D eigenvalue weighted by Crippen LogP contribution is 2.44. The van der Waals surface area contributed by atoms with Crippen LogP contribution in [0.5, 0.6) is 28.7 Å². The molecular weight excluding hydrogens is 543 g/mol. The third-order valence-corrected chi connectivity index (χ3v) is 7.28. The molecular formula is C27H37N2O10P. The van der Waals surface area contributed by atoms with Crippen molar-refractivity contribution in [2.45, 2.75) is 45.9 Å². The fourth-order valence-corrected chi connectivity index (χ4v) is 5.27. The summed E-state index contributed by atoms with van der Waals surface area (Å²) >= 11 is 0. The van der Waals surface area contributed by atoms with Gasteiger partial charge in [-0.3, -0.25) is 9.59 Å². The molecule has 0 fully saturated rings. The van der Waals surface area contributed by atoms with Crippen LogP contribution in [-0.4, -0.2) is 63.7 Å². The van der Waals surface area contributed by atoms with Crippen LogP contribution in [0.3, 0.4) is 0 Å². The summed E-state index contributed by atoms with van der Waals surface area (Å²) in [6.45, 7) is 6.08. The molecule has 0 heterocycles. The first-order chi connectivity index (χ1) is 18.9. The maximum atomic E-state index is 13.8. The van der Waals surface area contributed by atoms with E-state index < -0.39 is 37.8 Å². The van der Waals surface area contributed by atoms with Crippen molar-refractivity contribution in [3.63, 3.8) is 0 Å². The van der Waals surface area contributed by atoms with E-state index in [9.17, 15) is 19.3 Å². The Kier molecular flexibility index (Phi) is 11.9. The van der Waals surface area contributed by atoms with E-state index in [4.69, 9.17) is 28.2 Å². The summed E-state index contributed by atoms with van der Waals surface area (Å²) in [5, 5.41) is 14.4. The second kappa shape index (κ2) is 14.6. The van der Waals surface area contributed by atoms with Crippen molar-refractivity contribution in [3.05, 3.63) is 41.5 Å². The predicted octanol–water partition coefficient (Wildman–Crippen LogP) is 4.37. The first kappa shape index (κ1) is 32.5. The zero-order valence-electron chi connectivity index (χ0n) is 23.8. The van der Waals surface area contributed by atoms with Crippen LogP contribution in [0.2, 0.25) is 0 Å². The number of carboxylic acids is 1. The van der Waals surface area contributed by atoms with Crippen LogP contribution in [0, 0.1) is 0 Å². The van der Waals surface area contributed by atoms with Crippen LogP contribution >= 0.6 is 7.67 Å². The van der Waals surface area contributed by atoms with Crippen molar-refractivity contribution >= 4 is 31.8 Å². The van der Waals surface area contributed by atoms with Crippen LogP contribution in [0.1, 0.15) is 38.8 Å². The van der Waals surface area contributed by atoms with E-state index in [0.717, 1.165) is 5.56 Å². The fourth-order valence-electron chi connectivity index (χ4n) is 3.44. The molecule has 2 aromatic rings. The molecule has 12 nitrogen and oxygen atoms in total. The Morgan fingerprint density at radius 2 is 1.30 bits per heavy atom. The van der Waals surface area contributed by atoms with Gasteiger partial charge in [-0.15, -0.1) is 0 Å². The number of benzene rings is 2. The zero-order chi connectivity index (χ0) is 30.0. The number of methoxy groups -OCH3 is 4. The van der Waals surface area contributed by atoms with E-state index in [-0.39, 0.29) is 11.5 Å². The molecule has 0 aromatic heterocycles. The standard InChI is InChI=1S/C27H37N2O10P/c1-16(2)38-27(32)18(4)29-40(33,28-17(3)26(30)31)39-22-13-19(11-12-21(22)34-5)9-10-20-14-23(35-6)25(37-8)24(15-20)36-7/h9-18H,1-8H3,(H,30,31)(H2,28,29,33)/b10-9-/t17-,18-,40?/m0/s1. The molecule has 13 heteroatoms. The van der Waals surface area contributed by atoms with Gasteiger partial charge in [0.15, 0.2) is 23.0 Å². The van der Waals surface area contributed by atoms with Crippen LogP contribution in [0.15, 0.2) is 30.3 Å². The van der Waals surface area contributed by atoms with E-state index in [0.29, 0.717) is 22.8 Å². The van der Waals surface area contributed by atoms with Gasteiger partial charge in [-0.2, -0.15) is 0 Å². The van der Waals surface area contributed by atoms with Gasteiger partial charge in [0.05, 0.1) is 34.5 Å². The highest BCUT2D eigenvalue weighted by molar-refractivity contribution is 7.55. The molecule has 0 amide bonds. The summed E-state index contributed by atoms with van der Waals surface area (Å²) in [4.78, 5) is 23.9. The Hall–Kier alpha value is -3.73. The molecule has 3 atom stereocenters. The summed E-state index contributed by atoms with van der Waals surface area (Å²) in [5.74, 6) is -0.254. The predicted molar refractivity (Wildman–Crippen MR) is 150 cm³/mol. The minimum Gasteiger partial charge on any atom is -0.493 e. The van der Waals surface area contributed by atoms with E-state index >= 15 is 0 Å². The van der Waals surface area contributed by atoms with Gasteiger partial charge in [-0.25, -0.2) is 14.7 Å². The quantitative estimate of drug-likeness (QED) is 0.156. The van der Waals surface area contributed by atoms with Gasteiger partial charge in [0.2, 0.25) is 5.75 Å². The molecule has 0 aliphatic heterocycles. The molecule has 220 valence electrons. The highest BCUT2D eigenvalue weighted by atomic mass is 31.2. The molecule has 0 aliphatic carbocycles. The van der Waals surface area contributed by atoms with Gasteiger partial charge in [-0.05, 0) is 63.1 Å². The largest absolute Gasteiger partial charge is 0.493 e. The Morgan fingerprint density at radius 3 is 1.80 bits per heavy atom. The maximum absolute atomic E-state index is 13.8. The first-order valence-corrected chi connectivity index (χ1v) is 13.9. The number of aliphatic carboxylic acids is 1. The normalized spacial score (nSPS) is 14.2. The lowest BCUT2D eigenvalue weighted by Gasteiger charge is -2.26. The van der Waals surface area contributed by atoms with Gasteiger partial charge in [0.25, 0.3) is 0 Å². The molecule has 0 saturated carbocycles. The van der Waals surface area contributed by atoms with E-state index in [1.165, 1.54) is 42.3 Å². The number of hydrogen-bond donors (Lipinski definition) is 3. The number of rotatable bonds is 15. The molecule has 2 aromatic carbocycles. The van der Waals surface area contributed by atoms with Crippen LogP contribution < -0.4 is 33.6 Å². The van der Waals surface area contributed by atoms with Crippen molar-refractivity contribution in [1.82, 2.24) is 10.2 Å². The second-order valence-corrected chi connectivity index (χ2v) is 10.7. The molecule has 0 radical (unpaired) electrons. The Morgan fingerprint density at radius 1 is 0.775 bits per heavy atom. The van der Waals surface area contributed by atoms with Crippen molar-refractivity contribution < 1.29 is 47.5 Å². The molecule has 40 heavy (non-hydrogen) atoms. The Balaban J connectivity index is 2.44. The van der Waals surface area contributed by atoms with Gasteiger partial charge < -0.3 is 33.3 Å². The number of nitrogens with one attached hydrogen (secondary N) is 2. The maximum Gasteiger partial charge on any atom is 0.392 e. The monoisotopic (exact) mass is 580 g/mol. The first-order valence-electron chi connectivity index (χ1n) is 12.3. The third-order valence-electron chi connectivity index (χ3n) is 5.37. The lowest BCUT2D eigenvalue weighted by Crippen LogP contribution is -2.43. The molecule has 0 spiro atoms. The van der Waals surface area contributed by atoms with Crippen LogP contribution in [0.25, 0.3) is 12.2 Å². The Labute approximate surface area is 234 Å². The number of hydrogen-bond acceptors (Lipinski definition) is 9. The number of carboxylic acid groups (broad SMARTS) is 1. The smallest absolute Gasteiger partial charge is 0.392 e. The third kappa shape index (κ3) is 8.90. The minimum absolute atomic E-state index is 0.0416. The number of ether oxygens (including phenoxy) is 5. The van der Waals surface area contributed by atoms with Crippen molar-refractivity contribution in [1.29, 1.82) is 0 Å². The molecule has 0 bridgehead atoms. The van der Waals surface area contributed by atoms with Crippen molar-refractivity contribution in [2.24, 2.45) is 0 Å². The minimum atomic E-state index is -4.20. The Bertz CT molecular complexity index is 1240. The second-order valence-electron chi connectivity index (χ2n) is 8.87. The van der Waals surface area contributed by atoms with Crippen molar-refractivity contribution in [3.8, 4) is 28.7 Å². The van der Waals surface area contributed by atoms with Gasteiger partial charge >= 0.3 is 19.6 Å². The lowest BCUT2D eigenvalue weighted by molar-refractivity contribution is -0.149. The van der Waals surface area contributed by atoms with Gasteiger partial charge in [-0.1, -0.05) is 18.2 Å². The van der Waals surface area contributed by atoms with E-state index in [1.54, 1.807) is 56.3 Å². The summed E-state index contributed by atoms with van der Waals surface area (Å²) < 4.78 is 46.3. The number of esters is 1. The van der Waals surface area contributed by atoms with Crippen LogP contribution in [0.4, 0.5) is 0 Å². The highest BCUT2D eigenvalue weighted by Gasteiger charge is 2.34. The SMILES string of the molecule is COc1ccc(/C=C\c2cc(OC)c(OC)c(OC)c2)cc1OP(=O)(N[C@@H](C)C(=O)O)N[C@@H](C)C(=O)OC(C)C. The molecule has 2 rings (SSSR count). The topological polar surface area (TPSA) is 151 Å². The average Bonchev–Trinajstić information content (AvgIpc) is 2.90. The molecule has 1 unspecified atom stereocenters. The number of carbonyl (C=O) groups is 2. The van der Waals surface area contributed by atoms with E-state index in [1.807, 2.05) is 0 Å². The zero-order valence-corrected chi connectivity index (χ0v) is 24.7. The summed E-state index contributed by atoms with van der Waals surface area (Å²) in [6, 6.07) is 6.08. The van der Waals surface area contributed by atoms with Crippen LogP contribution in [-0.2, 0) is 18.9 Å². The fraction of sp³-hybridized carbons (Fsp3) is 0.407. The summed E-state index contributed by atoms with van der Waals surface area (Å²) in [7, 11) is 1.76. The summed E-state index contributed by atoms with van der Waals surface area (Å²) in [5.41, 5.74) is 1.38. The van der Waals surface area contributed by atoms with Gasteiger partial charge in [0.1, 0.15) is 12.1 Å². The van der Waals surface area contributed by atoms with Gasteiger partial charge in [0, 0.05) is 0 Å².